The Hall–Kier alpha value is -1.32. The highest BCUT2D eigenvalue weighted by molar-refractivity contribution is 5.78. The fraction of sp³-hybridized carbons (Fsp3) is 0.667. The monoisotopic (exact) mass is 222 g/mol. The summed E-state index contributed by atoms with van der Waals surface area (Å²) in [6, 6.07) is 1.90. The molecule has 0 unspecified atom stereocenters. The van der Waals surface area contributed by atoms with Crippen LogP contribution in [0.15, 0.2) is 10.6 Å². The van der Waals surface area contributed by atoms with Crippen LogP contribution in [0.25, 0.3) is 0 Å². The number of aryl methyl sites for hydroxylation is 1. The third-order valence-corrected chi connectivity index (χ3v) is 3.07. The Balaban J connectivity index is 1.69. The van der Waals surface area contributed by atoms with Crippen molar-refractivity contribution in [3.8, 4) is 0 Å². The van der Waals surface area contributed by atoms with Gasteiger partial charge in [0.1, 0.15) is 5.76 Å². The molecule has 0 aliphatic heterocycles. The van der Waals surface area contributed by atoms with E-state index in [1.54, 1.807) is 0 Å². The van der Waals surface area contributed by atoms with E-state index in [1.807, 2.05) is 13.0 Å². The van der Waals surface area contributed by atoms with Crippen LogP contribution in [0.3, 0.4) is 0 Å². The minimum absolute atomic E-state index is 0.203. The van der Waals surface area contributed by atoms with Crippen molar-refractivity contribution in [2.24, 2.45) is 5.92 Å². The second kappa shape index (κ2) is 5.14. The molecular weight excluding hydrogens is 204 g/mol. The van der Waals surface area contributed by atoms with Crippen LogP contribution in [-0.4, -0.2) is 17.6 Å². The van der Waals surface area contributed by atoms with E-state index in [2.05, 4.69) is 10.5 Å². The number of carbonyl (C=O) groups excluding carboxylic acids is 1. The van der Waals surface area contributed by atoms with Crippen molar-refractivity contribution in [2.75, 3.05) is 6.54 Å². The first-order valence-electron chi connectivity index (χ1n) is 5.95. The van der Waals surface area contributed by atoms with Gasteiger partial charge in [0, 0.05) is 24.9 Å². The number of rotatable bonds is 4. The van der Waals surface area contributed by atoms with Gasteiger partial charge in [0.25, 0.3) is 0 Å². The highest BCUT2D eigenvalue weighted by Crippen LogP contribution is 2.24. The van der Waals surface area contributed by atoms with Gasteiger partial charge in [0.15, 0.2) is 0 Å². The number of aromatic nitrogens is 1. The number of amides is 1. The molecule has 1 aromatic rings. The van der Waals surface area contributed by atoms with Crippen LogP contribution < -0.4 is 5.32 Å². The van der Waals surface area contributed by atoms with Crippen LogP contribution in [0.1, 0.15) is 37.1 Å². The summed E-state index contributed by atoms with van der Waals surface area (Å²) in [5.74, 6) is 1.29. The summed E-state index contributed by atoms with van der Waals surface area (Å²) < 4.78 is 5.07. The number of nitrogens with one attached hydrogen (secondary N) is 1. The molecule has 0 atom stereocenters. The summed E-state index contributed by atoms with van der Waals surface area (Å²) >= 11 is 0. The molecule has 0 aromatic carbocycles. The van der Waals surface area contributed by atoms with E-state index in [1.165, 1.54) is 12.8 Å². The zero-order chi connectivity index (χ0) is 11.4. The van der Waals surface area contributed by atoms with Gasteiger partial charge in [-0.1, -0.05) is 18.0 Å². The van der Waals surface area contributed by atoms with Crippen molar-refractivity contribution < 1.29 is 9.32 Å². The number of nitrogens with zero attached hydrogens (tertiary/aromatic N) is 1. The molecule has 1 N–H and O–H groups in total. The molecule has 0 spiro atoms. The molecular formula is C12H18N2O2. The molecule has 1 aromatic heterocycles. The Morgan fingerprint density at radius 3 is 2.94 bits per heavy atom. The van der Waals surface area contributed by atoms with E-state index in [4.69, 9.17) is 4.52 Å². The second-order valence-electron chi connectivity index (χ2n) is 4.46. The lowest BCUT2D eigenvalue weighted by molar-refractivity contribution is -0.124. The van der Waals surface area contributed by atoms with Gasteiger partial charge in [-0.2, -0.15) is 0 Å². The highest BCUT2D eigenvalue weighted by Gasteiger charge is 2.21. The second-order valence-corrected chi connectivity index (χ2v) is 4.46. The van der Waals surface area contributed by atoms with Crippen molar-refractivity contribution in [1.29, 1.82) is 0 Å². The lowest BCUT2D eigenvalue weighted by atomic mass is 10.1. The van der Waals surface area contributed by atoms with Gasteiger partial charge in [-0.05, 0) is 19.8 Å². The van der Waals surface area contributed by atoms with E-state index < -0.39 is 0 Å². The lowest BCUT2D eigenvalue weighted by Gasteiger charge is -2.08. The van der Waals surface area contributed by atoms with E-state index in [0.29, 0.717) is 6.54 Å². The maximum Gasteiger partial charge on any atom is 0.223 e. The van der Waals surface area contributed by atoms with Crippen molar-refractivity contribution in [3.63, 3.8) is 0 Å². The van der Waals surface area contributed by atoms with Crippen LogP contribution in [0.5, 0.6) is 0 Å². The van der Waals surface area contributed by atoms with Gasteiger partial charge >= 0.3 is 0 Å². The zero-order valence-corrected chi connectivity index (χ0v) is 9.66. The summed E-state index contributed by atoms with van der Waals surface area (Å²) in [6.45, 7) is 2.54. The molecule has 4 heteroatoms. The fourth-order valence-corrected chi connectivity index (χ4v) is 2.18. The Kier molecular flexibility index (Phi) is 3.59. The molecule has 1 aliphatic carbocycles. The summed E-state index contributed by atoms with van der Waals surface area (Å²) in [6.07, 6.45) is 5.21. The Bertz CT molecular complexity index is 354. The van der Waals surface area contributed by atoms with Crippen LogP contribution in [0, 0.1) is 12.8 Å². The predicted octanol–water partition coefficient (Wildman–Crippen LogP) is 1.83. The lowest BCUT2D eigenvalue weighted by Crippen LogP contribution is -2.30. The van der Waals surface area contributed by atoms with E-state index in [0.717, 1.165) is 30.7 Å². The van der Waals surface area contributed by atoms with Crippen LogP contribution in [0.2, 0.25) is 0 Å². The molecule has 16 heavy (non-hydrogen) atoms. The maximum atomic E-state index is 11.7. The molecule has 0 saturated heterocycles. The molecule has 4 nitrogen and oxygen atoms in total. The van der Waals surface area contributed by atoms with E-state index >= 15 is 0 Å². The number of hydrogen-bond acceptors (Lipinski definition) is 3. The normalized spacial score (nSPS) is 16.6. The standard InChI is InChI=1S/C12H18N2O2/c1-9-8-11(16-14-9)6-7-13-12(15)10-4-2-3-5-10/h8,10H,2-7H2,1H3,(H,13,15). The molecule has 1 heterocycles. The maximum absolute atomic E-state index is 11.7. The topological polar surface area (TPSA) is 55.1 Å². The Labute approximate surface area is 95.4 Å². The van der Waals surface area contributed by atoms with Crippen molar-refractivity contribution in [1.82, 2.24) is 10.5 Å². The van der Waals surface area contributed by atoms with Crippen LogP contribution in [-0.2, 0) is 11.2 Å². The summed E-state index contributed by atoms with van der Waals surface area (Å²) in [5.41, 5.74) is 0.886. The van der Waals surface area contributed by atoms with Gasteiger partial charge in [-0.3, -0.25) is 4.79 Å². The largest absolute Gasteiger partial charge is 0.361 e. The average molecular weight is 222 g/mol. The van der Waals surface area contributed by atoms with Crippen molar-refractivity contribution >= 4 is 5.91 Å². The van der Waals surface area contributed by atoms with Crippen molar-refractivity contribution in [3.05, 3.63) is 17.5 Å². The summed E-state index contributed by atoms with van der Waals surface area (Å²) in [5, 5.41) is 6.76. The first-order valence-corrected chi connectivity index (χ1v) is 5.95. The molecule has 2 rings (SSSR count). The van der Waals surface area contributed by atoms with Crippen LogP contribution in [0.4, 0.5) is 0 Å². The van der Waals surface area contributed by atoms with Gasteiger partial charge in [0.2, 0.25) is 5.91 Å². The average Bonchev–Trinajstić information content (AvgIpc) is 2.89. The molecule has 1 amide bonds. The Morgan fingerprint density at radius 2 is 2.31 bits per heavy atom. The first kappa shape index (κ1) is 11.2. The number of carbonyl (C=O) groups is 1. The van der Waals surface area contributed by atoms with Gasteiger partial charge in [-0.25, -0.2) is 0 Å². The SMILES string of the molecule is Cc1cc(CCNC(=O)C2CCCC2)on1. The van der Waals surface area contributed by atoms with Crippen LogP contribution >= 0.6 is 0 Å². The molecule has 1 aliphatic rings. The summed E-state index contributed by atoms with van der Waals surface area (Å²) in [4.78, 5) is 11.7. The van der Waals surface area contributed by atoms with Gasteiger partial charge in [-0.15, -0.1) is 0 Å². The van der Waals surface area contributed by atoms with Gasteiger partial charge < -0.3 is 9.84 Å². The smallest absolute Gasteiger partial charge is 0.223 e. The van der Waals surface area contributed by atoms with Gasteiger partial charge in [0.05, 0.1) is 5.69 Å². The quantitative estimate of drug-likeness (QED) is 0.845. The van der Waals surface area contributed by atoms with E-state index in [-0.39, 0.29) is 11.8 Å². The third-order valence-electron chi connectivity index (χ3n) is 3.07. The molecule has 0 radical (unpaired) electrons. The van der Waals surface area contributed by atoms with E-state index in [9.17, 15) is 4.79 Å². The fourth-order valence-electron chi connectivity index (χ4n) is 2.18. The highest BCUT2D eigenvalue weighted by atomic mass is 16.5. The third kappa shape index (κ3) is 2.84. The molecule has 0 bridgehead atoms. The minimum atomic E-state index is 0.203. The van der Waals surface area contributed by atoms with Crippen molar-refractivity contribution in [2.45, 2.75) is 39.0 Å². The predicted molar refractivity (Wildman–Crippen MR) is 59.9 cm³/mol. The first-order chi connectivity index (χ1) is 7.75. The Morgan fingerprint density at radius 1 is 1.56 bits per heavy atom. The number of hydrogen-bond donors (Lipinski definition) is 1. The zero-order valence-electron chi connectivity index (χ0n) is 9.66. The summed E-state index contributed by atoms with van der Waals surface area (Å²) in [7, 11) is 0. The molecule has 88 valence electrons. The molecule has 1 saturated carbocycles. The molecule has 1 fully saturated rings. The minimum Gasteiger partial charge on any atom is -0.361 e.